The van der Waals surface area contributed by atoms with Gasteiger partial charge in [0.2, 0.25) is 5.91 Å². The zero-order valence-electron chi connectivity index (χ0n) is 16.8. The molecule has 1 aromatic carbocycles. The van der Waals surface area contributed by atoms with Crippen molar-refractivity contribution in [2.45, 2.75) is 49.7 Å². The Morgan fingerprint density at radius 1 is 1.10 bits per heavy atom. The van der Waals surface area contributed by atoms with Gasteiger partial charge in [-0.05, 0) is 37.1 Å². The molecule has 0 radical (unpaired) electrons. The van der Waals surface area contributed by atoms with Crippen LogP contribution in [-0.4, -0.2) is 37.0 Å². The molecule has 2 heterocycles. The monoisotopic (exact) mass is 409 g/mol. The van der Waals surface area contributed by atoms with E-state index in [1.807, 2.05) is 49.6 Å². The molecule has 4 rings (SSSR count). The molecule has 0 aliphatic heterocycles. The van der Waals surface area contributed by atoms with Crippen molar-refractivity contribution in [2.24, 2.45) is 7.05 Å². The molecule has 29 heavy (non-hydrogen) atoms. The van der Waals surface area contributed by atoms with Crippen molar-refractivity contribution in [1.82, 2.24) is 24.6 Å². The van der Waals surface area contributed by atoms with E-state index in [9.17, 15) is 4.79 Å². The van der Waals surface area contributed by atoms with Gasteiger partial charge >= 0.3 is 0 Å². The van der Waals surface area contributed by atoms with Gasteiger partial charge in [-0.25, -0.2) is 0 Å². The number of aromatic nitrogens is 4. The molecule has 0 bridgehead atoms. The highest BCUT2D eigenvalue weighted by molar-refractivity contribution is 7.99. The summed E-state index contributed by atoms with van der Waals surface area (Å²) < 4.78 is 4.15. The van der Waals surface area contributed by atoms with E-state index in [0.29, 0.717) is 18.2 Å². The molecular weight excluding hydrogens is 382 g/mol. The Morgan fingerprint density at radius 2 is 1.90 bits per heavy atom. The van der Waals surface area contributed by atoms with Crippen LogP contribution in [0.25, 0.3) is 5.69 Å². The smallest absolute Gasteiger partial charge is 0.230 e. The SMILES string of the molecule is Cn1cccc1Cc1nnc(SCC(=O)NC2CCCCC2)n1-c1ccccc1. The number of thioether (sulfide) groups is 1. The van der Waals surface area contributed by atoms with Gasteiger partial charge in [0, 0.05) is 37.1 Å². The standard InChI is InChI=1S/C22H27N5OS/c1-26-14-8-13-19(26)15-20-24-25-22(27(20)18-11-6-3-7-12-18)29-16-21(28)23-17-9-4-2-5-10-17/h3,6-8,11-14,17H,2,4-5,9-10,15-16H2,1H3,(H,23,28). The van der Waals surface area contributed by atoms with E-state index < -0.39 is 0 Å². The fourth-order valence-electron chi connectivity index (χ4n) is 3.83. The lowest BCUT2D eigenvalue weighted by molar-refractivity contribution is -0.119. The van der Waals surface area contributed by atoms with Crippen LogP contribution in [0.3, 0.4) is 0 Å². The van der Waals surface area contributed by atoms with Crippen molar-refractivity contribution in [3.63, 3.8) is 0 Å². The van der Waals surface area contributed by atoms with Crippen molar-refractivity contribution >= 4 is 17.7 Å². The van der Waals surface area contributed by atoms with Crippen molar-refractivity contribution in [3.8, 4) is 5.69 Å². The number of carbonyl (C=O) groups excluding carboxylic acids is 1. The molecule has 1 saturated carbocycles. The second kappa shape index (κ2) is 9.31. The van der Waals surface area contributed by atoms with Crippen molar-refractivity contribution < 1.29 is 4.79 Å². The van der Waals surface area contributed by atoms with Crippen LogP contribution in [0.15, 0.2) is 53.8 Å². The minimum absolute atomic E-state index is 0.0773. The molecule has 2 aromatic heterocycles. The molecular formula is C22H27N5OS. The quantitative estimate of drug-likeness (QED) is 0.604. The minimum atomic E-state index is 0.0773. The lowest BCUT2D eigenvalue weighted by Crippen LogP contribution is -2.37. The van der Waals surface area contributed by atoms with Crippen LogP contribution in [0.5, 0.6) is 0 Å². The Morgan fingerprint density at radius 3 is 2.62 bits per heavy atom. The van der Waals surface area contributed by atoms with E-state index in [2.05, 4.69) is 30.7 Å². The third-order valence-corrected chi connectivity index (χ3v) is 6.34. The zero-order chi connectivity index (χ0) is 20.1. The van der Waals surface area contributed by atoms with Gasteiger partial charge in [-0.3, -0.25) is 9.36 Å². The molecule has 152 valence electrons. The maximum atomic E-state index is 12.4. The third kappa shape index (κ3) is 4.90. The number of carbonyl (C=O) groups is 1. The number of nitrogens with one attached hydrogen (secondary N) is 1. The Labute approximate surface area is 175 Å². The first kappa shape index (κ1) is 19.8. The highest BCUT2D eigenvalue weighted by atomic mass is 32.2. The number of hydrogen-bond acceptors (Lipinski definition) is 4. The predicted octanol–water partition coefficient (Wildman–Crippen LogP) is 3.74. The Bertz CT molecular complexity index is 943. The van der Waals surface area contributed by atoms with E-state index in [1.54, 1.807) is 0 Å². The summed E-state index contributed by atoms with van der Waals surface area (Å²) in [5.41, 5.74) is 2.18. The van der Waals surface area contributed by atoms with Crippen LogP contribution >= 0.6 is 11.8 Å². The minimum Gasteiger partial charge on any atom is -0.354 e. The Kier molecular flexibility index (Phi) is 6.34. The molecule has 1 aliphatic carbocycles. The second-order valence-corrected chi connectivity index (χ2v) is 8.49. The fraction of sp³-hybridized carbons (Fsp3) is 0.409. The fourth-order valence-corrected chi connectivity index (χ4v) is 4.62. The van der Waals surface area contributed by atoms with Crippen LogP contribution in [0.4, 0.5) is 0 Å². The molecule has 6 nitrogen and oxygen atoms in total. The largest absolute Gasteiger partial charge is 0.354 e. The maximum absolute atomic E-state index is 12.4. The molecule has 0 atom stereocenters. The van der Waals surface area contributed by atoms with Crippen LogP contribution < -0.4 is 5.32 Å². The van der Waals surface area contributed by atoms with Crippen LogP contribution in [0, 0.1) is 0 Å². The summed E-state index contributed by atoms with van der Waals surface area (Å²) in [5, 5.41) is 12.8. The topological polar surface area (TPSA) is 64.7 Å². The third-order valence-electron chi connectivity index (χ3n) is 5.41. The first-order valence-corrected chi connectivity index (χ1v) is 11.2. The Hall–Kier alpha value is -2.54. The number of benzene rings is 1. The van der Waals surface area contributed by atoms with Crippen molar-refractivity contribution in [1.29, 1.82) is 0 Å². The van der Waals surface area contributed by atoms with E-state index >= 15 is 0 Å². The molecule has 1 aliphatic rings. The summed E-state index contributed by atoms with van der Waals surface area (Å²) in [5.74, 6) is 1.30. The highest BCUT2D eigenvalue weighted by Crippen LogP contribution is 2.24. The van der Waals surface area contributed by atoms with Crippen LogP contribution in [0.2, 0.25) is 0 Å². The lowest BCUT2D eigenvalue weighted by atomic mass is 9.95. The summed E-state index contributed by atoms with van der Waals surface area (Å²) in [6.45, 7) is 0. The van der Waals surface area contributed by atoms with Gasteiger partial charge in [-0.1, -0.05) is 49.2 Å². The molecule has 1 fully saturated rings. The molecule has 0 spiro atoms. The number of hydrogen-bond donors (Lipinski definition) is 1. The molecule has 1 amide bonds. The summed E-state index contributed by atoms with van der Waals surface area (Å²) in [4.78, 5) is 12.4. The van der Waals surface area contributed by atoms with Gasteiger partial charge in [0.25, 0.3) is 0 Å². The average molecular weight is 410 g/mol. The average Bonchev–Trinajstić information content (AvgIpc) is 3.34. The highest BCUT2D eigenvalue weighted by Gasteiger charge is 2.19. The number of rotatable bonds is 7. The molecule has 1 N–H and O–H groups in total. The number of nitrogens with zero attached hydrogens (tertiary/aromatic N) is 4. The van der Waals surface area contributed by atoms with Gasteiger partial charge < -0.3 is 9.88 Å². The zero-order valence-corrected chi connectivity index (χ0v) is 17.6. The van der Waals surface area contributed by atoms with Gasteiger partial charge in [0.15, 0.2) is 5.16 Å². The van der Waals surface area contributed by atoms with Crippen LogP contribution in [0.1, 0.15) is 43.6 Å². The summed E-state index contributed by atoms with van der Waals surface area (Å²) in [7, 11) is 2.03. The molecule has 0 saturated heterocycles. The number of aryl methyl sites for hydroxylation is 1. The van der Waals surface area contributed by atoms with Gasteiger partial charge in [0.05, 0.1) is 5.75 Å². The summed E-state index contributed by atoms with van der Waals surface area (Å²) in [6.07, 6.45) is 8.61. The molecule has 7 heteroatoms. The predicted molar refractivity (Wildman–Crippen MR) is 115 cm³/mol. The number of para-hydroxylation sites is 1. The van der Waals surface area contributed by atoms with Gasteiger partial charge in [-0.15, -0.1) is 10.2 Å². The maximum Gasteiger partial charge on any atom is 0.230 e. The first-order chi connectivity index (χ1) is 14.2. The Balaban J connectivity index is 1.50. The van der Waals surface area contributed by atoms with E-state index in [4.69, 9.17) is 0 Å². The van der Waals surface area contributed by atoms with Gasteiger partial charge in [0.1, 0.15) is 5.82 Å². The van der Waals surface area contributed by atoms with Crippen molar-refractivity contribution in [3.05, 3.63) is 60.2 Å². The van der Waals surface area contributed by atoms with E-state index in [1.165, 1.54) is 36.7 Å². The van der Waals surface area contributed by atoms with Gasteiger partial charge in [-0.2, -0.15) is 0 Å². The molecule has 3 aromatic rings. The second-order valence-electron chi connectivity index (χ2n) is 7.55. The van der Waals surface area contributed by atoms with Crippen LogP contribution in [-0.2, 0) is 18.3 Å². The summed E-state index contributed by atoms with van der Waals surface area (Å²) in [6, 6.07) is 14.6. The van der Waals surface area contributed by atoms with E-state index in [-0.39, 0.29) is 5.91 Å². The van der Waals surface area contributed by atoms with E-state index in [0.717, 1.165) is 29.5 Å². The lowest BCUT2D eigenvalue weighted by Gasteiger charge is -2.22. The normalized spacial score (nSPS) is 14.8. The van der Waals surface area contributed by atoms with Crippen molar-refractivity contribution in [2.75, 3.05) is 5.75 Å². The summed E-state index contributed by atoms with van der Waals surface area (Å²) >= 11 is 1.45. The first-order valence-electron chi connectivity index (χ1n) is 10.2. The molecule has 0 unspecified atom stereocenters. The number of amides is 1.